The molecule has 1 heterocycles. The standard InChI is InChI=1S/C16H21N3/c1-12-5-3-4-6-14(12)10-19-11-15(13(2)18-19)9-17-16-7-8-16/h3-6,11,16-17H,7-10H2,1-2H3. The lowest BCUT2D eigenvalue weighted by atomic mass is 10.1. The van der Waals surface area contributed by atoms with Gasteiger partial charge in [-0.3, -0.25) is 4.68 Å². The van der Waals surface area contributed by atoms with Gasteiger partial charge in [-0.2, -0.15) is 5.10 Å². The molecule has 0 unspecified atom stereocenters. The van der Waals surface area contributed by atoms with Crippen molar-refractivity contribution in [3.05, 3.63) is 52.8 Å². The average molecular weight is 255 g/mol. The van der Waals surface area contributed by atoms with Gasteiger partial charge in [0.2, 0.25) is 0 Å². The van der Waals surface area contributed by atoms with Gasteiger partial charge in [0.15, 0.2) is 0 Å². The quantitative estimate of drug-likeness (QED) is 0.890. The minimum Gasteiger partial charge on any atom is -0.310 e. The van der Waals surface area contributed by atoms with E-state index in [1.165, 1.54) is 29.5 Å². The van der Waals surface area contributed by atoms with E-state index >= 15 is 0 Å². The van der Waals surface area contributed by atoms with Gasteiger partial charge in [0.05, 0.1) is 12.2 Å². The van der Waals surface area contributed by atoms with Crippen LogP contribution in [0.25, 0.3) is 0 Å². The summed E-state index contributed by atoms with van der Waals surface area (Å²) in [6, 6.07) is 9.25. The highest BCUT2D eigenvalue weighted by Gasteiger charge is 2.20. The van der Waals surface area contributed by atoms with Gasteiger partial charge in [-0.1, -0.05) is 24.3 Å². The van der Waals surface area contributed by atoms with Crippen molar-refractivity contribution in [1.29, 1.82) is 0 Å². The third-order valence-electron chi connectivity index (χ3n) is 3.80. The van der Waals surface area contributed by atoms with E-state index in [1.807, 2.05) is 0 Å². The van der Waals surface area contributed by atoms with Crippen LogP contribution in [0.4, 0.5) is 0 Å². The van der Waals surface area contributed by atoms with Gasteiger partial charge < -0.3 is 5.32 Å². The van der Waals surface area contributed by atoms with E-state index in [-0.39, 0.29) is 0 Å². The van der Waals surface area contributed by atoms with Crippen molar-refractivity contribution in [1.82, 2.24) is 15.1 Å². The number of rotatable bonds is 5. The summed E-state index contributed by atoms with van der Waals surface area (Å²) in [4.78, 5) is 0. The number of hydrogen-bond acceptors (Lipinski definition) is 2. The molecule has 0 aliphatic heterocycles. The molecule has 3 heteroatoms. The average Bonchev–Trinajstić information content (AvgIpc) is 3.15. The van der Waals surface area contributed by atoms with Crippen LogP contribution in [0.2, 0.25) is 0 Å². The Kier molecular flexibility index (Phi) is 3.38. The summed E-state index contributed by atoms with van der Waals surface area (Å²) in [5.41, 5.74) is 5.13. The molecule has 3 rings (SSSR count). The number of aryl methyl sites for hydroxylation is 2. The van der Waals surface area contributed by atoms with Crippen molar-refractivity contribution in [3.63, 3.8) is 0 Å². The first-order valence-electron chi connectivity index (χ1n) is 7.03. The molecule has 1 fully saturated rings. The van der Waals surface area contributed by atoms with Gasteiger partial charge in [-0.05, 0) is 37.8 Å². The molecule has 0 saturated heterocycles. The maximum absolute atomic E-state index is 4.62. The Bertz CT molecular complexity index is 567. The molecule has 1 N–H and O–H groups in total. The van der Waals surface area contributed by atoms with Crippen LogP contribution >= 0.6 is 0 Å². The summed E-state index contributed by atoms with van der Waals surface area (Å²) in [5.74, 6) is 0. The molecular weight excluding hydrogens is 234 g/mol. The van der Waals surface area contributed by atoms with E-state index in [0.717, 1.165) is 24.8 Å². The highest BCUT2D eigenvalue weighted by molar-refractivity contribution is 5.26. The highest BCUT2D eigenvalue weighted by Crippen LogP contribution is 2.20. The zero-order valence-corrected chi connectivity index (χ0v) is 11.7. The van der Waals surface area contributed by atoms with Gasteiger partial charge in [0, 0.05) is 24.3 Å². The first kappa shape index (κ1) is 12.4. The smallest absolute Gasteiger partial charge is 0.0662 e. The van der Waals surface area contributed by atoms with Gasteiger partial charge in [-0.25, -0.2) is 0 Å². The Hall–Kier alpha value is -1.61. The van der Waals surface area contributed by atoms with E-state index in [9.17, 15) is 0 Å². The lowest BCUT2D eigenvalue weighted by molar-refractivity contribution is 0.672. The second-order valence-electron chi connectivity index (χ2n) is 5.52. The normalized spacial score (nSPS) is 14.8. The van der Waals surface area contributed by atoms with Crippen molar-refractivity contribution in [2.45, 2.75) is 45.8 Å². The number of nitrogens with one attached hydrogen (secondary N) is 1. The van der Waals surface area contributed by atoms with Gasteiger partial charge in [0.25, 0.3) is 0 Å². The first-order valence-corrected chi connectivity index (χ1v) is 7.03. The number of nitrogens with zero attached hydrogens (tertiary/aromatic N) is 2. The van der Waals surface area contributed by atoms with Crippen LogP contribution in [-0.4, -0.2) is 15.8 Å². The first-order chi connectivity index (χ1) is 9.22. The van der Waals surface area contributed by atoms with Crippen LogP contribution in [0.15, 0.2) is 30.5 Å². The zero-order chi connectivity index (χ0) is 13.2. The molecule has 1 aliphatic carbocycles. The fourth-order valence-electron chi connectivity index (χ4n) is 2.32. The van der Waals surface area contributed by atoms with Crippen molar-refractivity contribution < 1.29 is 0 Å². The lowest BCUT2D eigenvalue weighted by Gasteiger charge is -2.05. The van der Waals surface area contributed by atoms with Crippen LogP contribution in [0.3, 0.4) is 0 Å². The van der Waals surface area contributed by atoms with Crippen molar-refractivity contribution in [3.8, 4) is 0 Å². The minimum atomic E-state index is 0.749. The van der Waals surface area contributed by atoms with Crippen molar-refractivity contribution >= 4 is 0 Å². The van der Waals surface area contributed by atoms with E-state index in [1.54, 1.807) is 0 Å². The molecule has 2 aromatic rings. The van der Waals surface area contributed by atoms with Crippen LogP contribution in [0.1, 0.15) is 35.2 Å². The minimum absolute atomic E-state index is 0.749. The molecule has 0 atom stereocenters. The Labute approximate surface area is 114 Å². The monoisotopic (exact) mass is 255 g/mol. The Balaban J connectivity index is 1.70. The van der Waals surface area contributed by atoms with E-state index in [0.29, 0.717) is 0 Å². The molecule has 100 valence electrons. The number of benzene rings is 1. The van der Waals surface area contributed by atoms with Gasteiger partial charge in [-0.15, -0.1) is 0 Å². The maximum atomic E-state index is 4.62. The van der Waals surface area contributed by atoms with E-state index in [4.69, 9.17) is 0 Å². The fraction of sp³-hybridized carbons (Fsp3) is 0.438. The summed E-state index contributed by atoms with van der Waals surface area (Å²) in [6.07, 6.45) is 4.84. The lowest BCUT2D eigenvalue weighted by Crippen LogP contribution is -2.15. The second kappa shape index (κ2) is 5.17. The van der Waals surface area contributed by atoms with Crippen molar-refractivity contribution in [2.75, 3.05) is 0 Å². The summed E-state index contributed by atoms with van der Waals surface area (Å²) in [5, 5.41) is 8.17. The topological polar surface area (TPSA) is 29.9 Å². The van der Waals surface area contributed by atoms with Crippen LogP contribution < -0.4 is 5.32 Å². The molecule has 0 bridgehead atoms. The second-order valence-corrected chi connectivity index (χ2v) is 5.52. The van der Waals surface area contributed by atoms with E-state index < -0.39 is 0 Å². The number of hydrogen-bond donors (Lipinski definition) is 1. The largest absolute Gasteiger partial charge is 0.310 e. The molecule has 19 heavy (non-hydrogen) atoms. The summed E-state index contributed by atoms with van der Waals surface area (Å²) in [6.45, 7) is 6.06. The highest BCUT2D eigenvalue weighted by atomic mass is 15.3. The predicted octanol–water partition coefficient (Wildman–Crippen LogP) is 2.80. The van der Waals surface area contributed by atoms with Crippen molar-refractivity contribution in [2.24, 2.45) is 0 Å². The molecular formula is C16H21N3. The third kappa shape index (κ3) is 3.04. The van der Waals surface area contributed by atoms with Crippen LogP contribution in [0, 0.1) is 13.8 Å². The SMILES string of the molecule is Cc1ccccc1Cn1cc(CNC2CC2)c(C)n1. The summed E-state index contributed by atoms with van der Waals surface area (Å²) in [7, 11) is 0. The number of aromatic nitrogens is 2. The zero-order valence-electron chi connectivity index (χ0n) is 11.7. The molecule has 1 saturated carbocycles. The summed E-state index contributed by atoms with van der Waals surface area (Å²) < 4.78 is 2.06. The van der Waals surface area contributed by atoms with Gasteiger partial charge >= 0.3 is 0 Å². The Morgan fingerprint density at radius 3 is 2.74 bits per heavy atom. The Morgan fingerprint density at radius 2 is 2.00 bits per heavy atom. The summed E-state index contributed by atoms with van der Waals surface area (Å²) >= 11 is 0. The maximum Gasteiger partial charge on any atom is 0.0662 e. The molecule has 0 amide bonds. The van der Waals surface area contributed by atoms with Crippen LogP contribution in [0.5, 0.6) is 0 Å². The molecule has 1 aliphatic rings. The third-order valence-corrected chi connectivity index (χ3v) is 3.80. The van der Waals surface area contributed by atoms with Crippen LogP contribution in [-0.2, 0) is 13.1 Å². The molecule has 3 nitrogen and oxygen atoms in total. The predicted molar refractivity (Wildman–Crippen MR) is 77.1 cm³/mol. The fourth-order valence-corrected chi connectivity index (χ4v) is 2.32. The molecule has 1 aromatic heterocycles. The molecule has 0 radical (unpaired) electrons. The Morgan fingerprint density at radius 1 is 1.21 bits per heavy atom. The van der Waals surface area contributed by atoms with E-state index in [2.05, 4.69) is 59.4 Å². The molecule has 1 aromatic carbocycles. The van der Waals surface area contributed by atoms with Gasteiger partial charge in [0.1, 0.15) is 0 Å². The molecule has 0 spiro atoms.